The molecule has 2 aromatic heterocycles. The molecule has 0 radical (unpaired) electrons. The Morgan fingerprint density at radius 2 is 2.14 bits per heavy atom. The molecule has 0 aromatic carbocycles. The maximum atomic E-state index is 12.9. The monoisotopic (exact) mass is 384 g/mol. The predicted octanol–water partition coefficient (Wildman–Crippen LogP) is -0.101. The summed E-state index contributed by atoms with van der Waals surface area (Å²) in [5.74, 6) is 0.562. The standard InChI is InChI=1S/C19H24N6O3/c1-23(2)17-20-10-13-4-7-19(16(13)22-17)6-3-8-25(12-19)15(27)11-24-9-5-14(26)21-18(24)28/h5,9-10H,3-4,6-8,11-12H2,1-2H3,(H,21,26,28). The van der Waals surface area contributed by atoms with Gasteiger partial charge in [0, 0.05) is 51.1 Å². The number of hydrogen-bond acceptors (Lipinski definition) is 6. The molecule has 1 fully saturated rings. The van der Waals surface area contributed by atoms with Gasteiger partial charge in [-0.3, -0.25) is 19.1 Å². The lowest BCUT2D eigenvalue weighted by Crippen LogP contribution is -2.49. The van der Waals surface area contributed by atoms with Crippen LogP contribution in [0, 0.1) is 0 Å². The van der Waals surface area contributed by atoms with Gasteiger partial charge >= 0.3 is 5.69 Å². The molecule has 148 valence electrons. The van der Waals surface area contributed by atoms with Crippen molar-refractivity contribution >= 4 is 11.9 Å². The molecule has 3 heterocycles. The summed E-state index contributed by atoms with van der Waals surface area (Å²) in [6, 6.07) is 1.25. The lowest BCUT2D eigenvalue weighted by atomic mass is 9.77. The van der Waals surface area contributed by atoms with Crippen LogP contribution in [-0.4, -0.2) is 57.5 Å². The normalized spacial score (nSPS) is 21.0. The number of carbonyl (C=O) groups is 1. The van der Waals surface area contributed by atoms with Crippen molar-refractivity contribution in [2.24, 2.45) is 0 Å². The molecule has 9 heteroatoms. The summed E-state index contributed by atoms with van der Waals surface area (Å²) in [5.41, 5.74) is 1.04. The van der Waals surface area contributed by atoms with Gasteiger partial charge in [0.2, 0.25) is 11.9 Å². The van der Waals surface area contributed by atoms with Gasteiger partial charge < -0.3 is 9.80 Å². The van der Waals surface area contributed by atoms with Crippen LogP contribution in [0.1, 0.15) is 30.5 Å². The maximum absolute atomic E-state index is 12.9. The topological polar surface area (TPSA) is 104 Å². The third-order valence-corrected chi connectivity index (χ3v) is 5.76. The molecule has 2 aromatic rings. The molecule has 1 aliphatic heterocycles. The van der Waals surface area contributed by atoms with E-state index in [1.165, 1.54) is 16.8 Å². The molecule has 1 atom stereocenters. The number of H-pyrrole nitrogens is 1. The third kappa shape index (κ3) is 3.21. The Hall–Kier alpha value is -2.97. The van der Waals surface area contributed by atoms with Crippen LogP contribution in [0.25, 0.3) is 0 Å². The molecule has 4 rings (SSSR count). The van der Waals surface area contributed by atoms with Gasteiger partial charge in [0.1, 0.15) is 6.54 Å². The first-order valence-electron chi connectivity index (χ1n) is 9.49. The molecule has 1 amide bonds. The first-order valence-corrected chi connectivity index (χ1v) is 9.49. The summed E-state index contributed by atoms with van der Waals surface area (Å²) in [6.45, 7) is 1.19. The van der Waals surface area contributed by atoms with Crippen molar-refractivity contribution < 1.29 is 4.79 Å². The number of nitrogens with one attached hydrogen (secondary N) is 1. The van der Waals surface area contributed by atoms with E-state index in [9.17, 15) is 14.4 Å². The van der Waals surface area contributed by atoms with Gasteiger partial charge in [-0.1, -0.05) is 0 Å². The summed E-state index contributed by atoms with van der Waals surface area (Å²) in [4.78, 5) is 51.1. The van der Waals surface area contributed by atoms with Crippen molar-refractivity contribution in [3.8, 4) is 0 Å². The SMILES string of the molecule is CN(C)c1ncc2c(n1)C1(CCCN(C(=O)Cn3ccc(=O)[nH]c3=O)C1)CC2. The Morgan fingerprint density at radius 1 is 1.32 bits per heavy atom. The number of likely N-dealkylation sites (tertiary alicyclic amines) is 1. The van der Waals surface area contributed by atoms with Gasteiger partial charge in [0.05, 0.1) is 5.69 Å². The van der Waals surface area contributed by atoms with E-state index in [-0.39, 0.29) is 17.9 Å². The first-order chi connectivity index (χ1) is 13.4. The molecule has 9 nitrogen and oxygen atoms in total. The Labute approximate surface area is 162 Å². The quantitative estimate of drug-likeness (QED) is 0.792. The molecule has 28 heavy (non-hydrogen) atoms. The van der Waals surface area contributed by atoms with Crippen LogP contribution in [0.3, 0.4) is 0 Å². The zero-order valence-electron chi connectivity index (χ0n) is 16.1. The fourth-order valence-electron chi connectivity index (χ4n) is 4.30. The fraction of sp³-hybridized carbons (Fsp3) is 0.526. The van der Waals surface area contributed by atoms with E-state index in [0.29, 0.717) is 19.0 Å². The third-order valence-electron chi connectivity index (χ3n) is 5.76. The van der Waals surface area contributed by atoms with Gasteiger partial charge in [-0.25, -0.2) is 14.8 Å². The van der Waals surface area contributed by atoms with E-state index < -0.39 is 11.2 Å². The van der Waals surface area contributed by atoms with Gasteiger partial charge in [0.25, 0.3) is 5.56 Å². The van der Waals surface area contributed by atoms with Crippen molar-refractivity contribution in [2.75, 3.05) is 32.1 Å². The molecule has 0 saturated carbocycles. The second-order valence-corrected chi connectivity index (χ2v) is 7.88. The Balaban J connectivity index is 1.57. The highest BCUT2D eigenvalue weighted by Crippen LogP contribution is 2.44. The maximum Gasteiger partial charge on any atom is 0.328 e. The van der Waals surface area contributed by atoms with Crippen LogP contribution in [0.5, 0.6) is 0 Å². The molecule has 1 aliphatic carbocycles. The van der Waals surface area contributed by atoms with Gasteiger partial charge in [-0.2, -0.15) is 0 Å². The number of nitrogens with zero attached hydrogens (tertiary/aromatic N) is 5. The number of piperidine rings is 1. The van der Waals surface area contributed by atoms with Crippen molar-refractivity contribution in [2.45, 2.75) is 37.6 Å². The van der Waals surface area contributed by atoms with Crippen LogP contribution in [0.4, 0.5) is 5.95 Å². The number of aryl methyl sites for hydroxylation is 1. The van der Waals surface area contributed by atoms with Crippen molar-refractivity contribution in [3.63, 3.8) is 0 Å². The second-order valence-electron chi connectivity index (χ2n) is 7.88. The lowest BCUT2D eigenvalue weighted by Gasteiger charge is -2.40. The zero-order chi connectivity index (χ0) is 19.9. The minimum absolute atomic E-state index is 0.0781. The van der Waals surface area contributed by atoms with E-state index in [1.54, 1.807) is 0 Å². The van der Waals surface area contributed by atoms with E-state index in [2.05, 4.69) is 9.97 Å². The smallest absolute Gasteiger partial charge is 0.328 e. The molecule has 0 bridgehead atoms. The van der Waals surface area contributed by atoms with Gasteiger partial charge in [0.15, 0.2) is 0 Å². The minimum atomic E-state index is -0.567. The summed E-state index contributed by atoms with van der Waals surface area (Å²) >= 11 is 0. The molecule has 1 spiro atoms. The fourth-order valence-corrected chi connectivity index (χ4v) is 4.30. The average molecular weight is 384 g/mol. The Bertz CT molecular complexity index is 1020. The Kier molecular flexibility index (Phi) is 4.52. The number of fused-ring (bicyclic) bond motifs is 2. The lowest BCUT2D eigenvalue weighted by molar-refractivity contribution is -0.134. The summed E-state index contributed by atoms with van der Waals surface area (Å²) < 4.78 is 1.24. The number of rotatable bonds is 3. The van der Waals surface area contributed by atoms with Crippen LogP contribution >= 0.6 is 0 Å². The first kappa shape index (κ1) is 18.4. The Morgan fingerprint density at radius 3 is 2.89 bits per heavy atom. The predicted molar refractivity (Wildman–Crippen MR) is 103 cm³/mol. The molecule has 1 N–H and O–H groups in total. The summed E-state index contributed by atoms with van der Waals surface area (Å²) in [5, 5.41) is 0. The minimum Gasteiger partial charge on any atom is -0.347 e. The average Bonchev–Trinajstić information content (AvgIpc) is 3.01. The van der Waals surface area contributed by atoms with E-state index in [0.717, 1.165) is 36.9 Å². The zero-order valence-corrected chi connectivity index (χ0v) is 16.1. The molecular formula is C19H24N6O3. The van der Waals surface area contributed by atoms with Crippen LogP contribution in [-0.2, 0) is 23.2 Å². The molecular weight excluding hydrogens is 360 g/mol. The largest absolute Gasteiger partial charge is 0.347 e. The van der Waals surface area contributed by atoms with Gasteiger partial charge in [-0.05, 0) is 31.2 Å². The highest BCUT2D eigenvalue weighted by Gasteiger charge is 2.44. The number of anilines is 1. The van der Waals surface area contributed by atoms with Crippen LogP contribution in [0.15, 0.2) is 28.0 Å². The molecule has 2 aliphatic rings. The number of aromatic amines is 1. The number of hydrogen-bond donors (Lipinski definition) is 1. The van der Waals surface area contributed by atoms with Crippen LogP contribution in [0.2, 0.25) is 0 Å². The van der Waals surface area contributed by atoms with E-state index >= 15 is 0 Å². The highest BCUT2D eigenvalue weighted by atomic mass is 16.2. The number of amides is 1. The van der Waals surface area contributed by atoms with Crippen molar-refractivity contribution in [1.29, 1.82) is 0 Å². The molecule has 1 unspecified atom stereocenters. The number of aromatic nitrogens is 4. The van der Waals surface area contributed by atoms with Gasteiger partial charge in [-0.15, -0.1) is 0 Å². The highest BCUT2D eigenvalue weighted by molar-refractivity contribution is 5.76. The van der Waals surface area contributed by atoms with Crippen LogP contribution < -0.4 is 16.1 Å². The second kappa shape index (κ2) is 6.88. The molecule has 1 saturated heterocycles. The van der Waals surface area contributed by atoms with Crippen molar-refractivity contribution in [3.05, 3.63) is 50.6 Å². The van der Waals surface area contributed by atoms with E-state index in [4.69, 9.17) is 4.98 Å². The van der Waals surface area contributed by atoms with Crippen molar-refractivity contribution in [1.82, 2.24) is 24.4 Å². The summed E-state index contributed by atoms with van der Waals surface area (Å²) in [6.07, 6.45) is 7.04. The summed E-state index contributed by atoms with van der Waals surface area (Å²) in [7, 11) is 3.84. The number of carbonyl (C=O) groups excluding carboxylic acids is 1. The van der Waals surface area contributed by atoms with E-state index in [1.807, 2.05) is 30.1 Å².